The zero-order valence-corrected chi connectivity index (χ0v) is 9.42. The van der Waals surface area contributed by atoms with Gasteiger partial charge in [-0.3, -0.25) is 0 Å². The van der Waals surface area contributed by atoms with Crippen LogP contribution in [-0.2, 0) is 9.53 Å². The predicted molar refractivity (Wildman–Crippen MR) is 59.6 cm³/mol. The largest absolute Gasteiger partial charge is 0.479 e. The Morgan fingerprint density at radius 3 is 2.35 bits per heavy atom. The van der Waals surface area contributed by atoms with Crippen molar-refractivity contribution in [1.29, 1.82) is 0 Å². The molecule has 5 nitrogen and oxygen atoms in total. The van der Waals surface area contributed by atoms with Gasteiger partial charge in [0.15, 0.2) is 6.10 Å². The lowest BCUT2D eigenvalue weighted by atomic mass is 10.1. The topological polar surface area (TPSA) is 83.8 Å². The summed E-state index contributed by atoms with van der Waals surface area (Å²) in [4.78, 5) is 21.9. The van der Waals surface area contributed by atoms with Crippen molar-refractivity contribution in [1.82, 2.24) is 0 Å². The first-order chi connectivity index (χ1) is 8.06. The highest BCUT2D eigenvalue weighted by Gasteiger charge is 2.16. The molecule has 1 aromatic rings. The van der Waals surface area contributed by atoms with Crippen LogP contribution in [0.2, 0.25) is 0 Å². The summed E-state index contributed by atoms with van der Waals surface area (Å²) in [5, 5.41) is 17.8. The van der Waals surface area contributed by atoms with Crippen LogP contribution in [0.15, 0.2) is 24.3 Å². The van der Waals surface area contributed by atoms with Gasteiger partial charge in [0.1, 0.15) is 0 Å². The van der Waals surface area contributed by atoms with Gasteiger partial charge in [-0.05, 0) is 24.1 Å². The number of carbonyl (C=O) groups excluding carboxylic acids is 1. The van der Waals surface area contributed by atoms with Crippen LogP contribution in [0.25, 0.3) is 0 Å². The molecule has 0 bridgehead atoms. The van der Waals surface area contributed by atoms with Crippen LogP contribution in [0.1, 0.15) is 35.4 Å². The van der Waals surface area contributed by atoms with Crippen LogP contribution in [0.4, 0.5) is 0 Å². The van der Waals surface area contributed by atoms with Crippen LogP contribution >= 0.6 is 0 Å². The fourth-order valence-electron chi connectivity index (χ4n) is 1.22. The second kappa shape index (κ2) is 6.00. The molecule has 2 N–H and O–H groups in total. The van der Waals surface area contributed by atoms with Crippen molar-refractivity contribution in [3.8, 4) is 0 Å². The van der Waals surface area contributed by atoms with Gasteiger partial charge in [-0.25, -0.2) is 9.59 Å². The lowest BCUT2D eigenvalue weighted by molar-refractivity contribution is -0.146. The Morgan fingerprint density at radius 2 is 1.88 bits per heavy atom. The number of carbonyl (C=O) groups is 2. The molecular formula is C12H14O5. The van der Waals surface area contributed by atoms with Gasteiger partial charge in [-0.15, -0.1) is 0 Å². The molecule has 0 aliphatic carbocycles. The summed E-state index contributed by atoms with van der Waals surface area (Å²) < 4.78 is 4.91. The van der Waals surface area contributed by atoms with Crippen molar-refractivity contribution in [2.45, 2.75) is 19.4 Å². The molecule has 1 atom stereocenters. The maximum atomic E-state index is 11.4. The van der Waals surface area contributed by atoms with E-state index in [9.17, 15) is 14.7 Å². The number of hydrogen-bond acceptors (Lipinski definition) is 4. The van der Waals surface area contributed by atoms with Gasteiger partial charge in [-0.2, -0.15) is 0 Å². The second-order valence-electron chi connectivity index (χ2n) is 3.50. The van der Waals surface area contributed by atoms with Gasteiger partial charge >= 0.3 is 11.9 Å². The van der Waals surface area contributed by atoms with Gasteiger partial charge in [-0.1, -0.05) is 19.1 Å². The molecule has 0 saturated heterocycles. The standard InChI is InChI=1S/C12H14O5/c1-2-7-17-12(16)9-5-3-8(4-6-9)10(13)11(14)15/h3-6,10,13H,2,7H2,1H3,(H,14,15). The number of carboxylic acids is 1. The number of benzene rings is 1. The van der Waals surface area contributed by atoms with Gasteiger partial charge in [0.2, 0.25) is 0 Å². The first kappa shape index (κ1) is 13.2. The SMILES string of the molecule is CCCOC(=O)c1ccc(C(O)C(=O)O)cc1. The third-order valence-corrected chi connectivity index (χ3v) is 2.13. The molecule has 0 aromatic heterocycles. The van der Waals surface area contributed by atoms with Crippen LogP contribution in [-0.4, -0.2) is 28.8 Å². The molecule has 0 aliphatic heterocycles. The van der Waals surface area contributed by atoms with Crippen molar-refractivity contribution in [3.05, 3.63) is 35.4 Å². The third-order valence-electron chi connectivity index (χ3n) is 2.13. The normalized spacial score (nSPS) is 11.9. The molecule has 0 spiro atoms. The van der Waals surface area contributed by atoms with E-state index >= 15 is 0 Å². The number of ether oxygens (including phenoxy) is 1. The first-order valence-electron chi connectivity index (χ1n) is 5.24. The Morgan fingerprint density at radius 1 is 1.29 bits per heavy atom. The van der Waals surface area contributed by atoms with E-state index in [2.05, 4.69) is 0 Å². The van der Waals surface area contributed by atoms with Crippen molar-refractivity contribution in [2.24, 2.45) is 0 Å². The van der Waals surface area contributed by atoms with E-state index in [-0.39, 0.29) is 5.56 Å². The van der Waals surface area contributed by atoms with Crippen LogP contribution in [0.3, 0.4) is 0 Å². The van der Waals surface area contributed by atoms with Crippen molar-refractivity contribution >= 4 is 11.9 Å². The first-order valence-corrected chi connectivity index (χ1v) is 5.24. The van der Waals surface area contributed by atoms with Crippen molar-refractivity contribution < 1.29 is 24.5 Å². The molecule has 92 valence electrons. The molecule has 0 aliphatic rings. The van der Waals surface area contributed by atoms with E-state index in [1.165, 1.54) is 24.3 Å². The Labute approximate surface area is 98.6 Å². The minimum atomic E-state index is -1.57. The minimum Gasteiger partial charge on any atom is -0.479 e. The molecule has 5 heteroatoms. The average molecular weight is 238 g/mol. The fourth-order valence-corrected chi connectivity index (χ4v) is 1.22. The highest BCUT2D eigenvalue weighted by Crippen LogP contribution is 2.14. The average Bonchev–Trinajstić information content (AvgIpc) is 2.35. The van der Waals surface area contributed by atoms with E-state index < -0.39 is 18.0 Å². The van der Waals surface area contributed by atoms with Crippen molar-refractivity contribution in [2.75, 3.05) is 6.61 Å². The van der Waals surface area contributed by atoms with E-state index in [0.717, 1.165) is 6.42 Å². The van der Waals surface area contributed by atoms with E-state index in [4.69, 9.17) is 9.84 Å². The number of aliphatic carboxylic acids is 1. The second-order valence-corrected chi connectivity index (χ2v) is 3.50. The van der Waals surface area contributed by atoms with E-state index in [1.54, 1.807) is 0 Å². The maximum Gasteiger partial charge on any atom is 0.338 e. The molecule has 0 saturated carbocycles. The quantitative estimate of drug-likeness (QED) is 0.757. The Kier molecular flexibility index (Phi) is 4.66. The third kappa shape index (κ3) is 3.57. The summed E-state index contributed by atoms with van der Waals surface area (Å²) in [6.45, 7) is 2.23. The molecule has 0 heterocycles. The predicted octanol–water partition coefficient (Wildman–Crippen LogP) is 1.37. The molecule has 1 aromatic carbocycles. The summed E-state index contributed by atoms with van der Waals surface area (Å²) in [7, 11) is 0. The fraction of sp³-hybridized carbons (Fsp3) is 0.333. The Balaban J connectivity index is 2.74. The lowest BCUT2D eigenvalue weighted by Gasteiger charge is -2.07. The Bertz CT molecular complexity index is 396. The minimum absolute atomic E-state index is 0.226. The summed E-state index contributed by atoms with van der Waals surface area (Å²) in [5.41, 5.74) is 0.560. The maximum absolute atomic E-state index is 11.4. The molecule has 0 radical (unpaired) electrons. The molecule has 1 unspecified atom stereocenters. The molecule has 17 heavy (non-hydrogen) atoms. The Hall–Kier alpha value is -1.88. The van der Waals surface area contributed by atoms with Gasteiger partial charge in [0.05, 0.1) is 12.2 Å². The number of aliphatic hydroxyl groups excluding tert-OH is 1. The number of esters is 1. The number of hydrogen-bond donors (Lipinski definition) is 2. The summed E-state index contributed by atoms with van der Waals surface area (Å²) in [6, 6.07) is 5.64. The highest BCUT2D eigenvalue weighted by molar-refractivity contribution is 5.89. The van der Waals surface area contributed by atoms with Gasteiger partial charge < -0.3 is 14.9 Å². The van der Waals surface area contributed by atoms with E-state index in [1.807, 2.05) is 6.92 Å². The zero-order chi connectivity index (χ0) is 12.8. The van der Waals surface area contributed by atoms with Crippen LogP contribution in [0, 0.1) is 0 Å². The lowest BCUT2D eigenvalue weighted by Crippen LogP contribution is -2.11. The number of aliphatic hydroxyl groups is 1. The smallest absolute Gasteiger partial charge is 0.338 e. The van der Waals surface area contributed by atoms with Gasteiger partial charge in [0, 0.05) is 0 Å². The molecular weight excluding hydrogens is 224 g/mol. The highest BCUT2D eigenvalue weighted by atomic mass is 16.5. The van der Waals surface area contributed by atoms with Gasteiger partial charge in [0.25, 0.3) is 0 Å². The van der Waals surface area contributed by atoms with E-state index in [0.29, 0.717) is 12.2 Å². The molecule has 0 fully saturated rings. The number of carboxylic acid groups (broad SMARTS) is 1. The summed E-state index contributed by atoms with van der Waals surface area (Å²) in [6.07, 6.45) is -0.836. The van der Waals surface area contributed by atoms with Crippen molar-refractivity contribution in [3.63, 3.8) is 0 Å². The van der Waals surface area contributed by atoms with Crippen LogP contribution in [0.5, 0.6) is 0 Å². The summed E-state index contributed by atoms with van der Waals surface area (Å²) in [5.74, 6) is -1.78. The number of rotatable bonds is 5. The zero-order valence-electron chi connectivity index (χ0n) is 9.42. The molecule has 0 amide bonds. The van der Waals surface area contributed by atoms with Crippen LogP contribution < -0.4 is 0 Å². The monoisotopic (exact) mass is 238 g/mol. The molecule has 1 rings (SSSR count). The summed E-state index contributed by atoms with van der Waals surface area (Å²) >= 11 is 0.